The first kappa shape index (κ1) is 15.1. The van der Waals surface area contributed by atoms with Crippen LogP contribution < -0.4 is 14.8 Å². The lowest BCUT2D eigenvalue weighted by Gasteiger charge is -2.29. The maximum atomic E-state index is 5.96. The number of methoxy groups -OCH3 is 2. The molecule has 0 aliphatic heterocycles. The zero-order valence-corrected chi connectivity index (χ0v) is 12.6. The predicted molar refractivity (Wildman–Crippen MR) is 79.6 cm³/mol. The van der Waals surface area contributed by atoms with Crippen molar-refractivity contribution in [2.24, 2.45) is 0 Å². The number of likely N-dealkylation sites (N-methyl/N-ethyl adjacent to an activating group) is 1. The van der Waals surface area contributed by atoms with Crippen molar-refractivity contribution in [3.05, 3.63) is 23.8 Å². The molecule has 0 radical (unpaired) electrons. The molecule has 0 heterocycles. The fourth-order valence-electron chi connectivity index (χ4n) is 2.39. The highest BCUT2D eigenvalue weighted by molar-refractivity contribution is 5.42. The quantitative estimate of drug-likeness (QED) is 0.794. The highest BCUT2D eigenvalue weighted by Crippen LogP contribution is 2.31. The third kappa shape index (κ3) is 3.64. The highest BCUT2D eigenvalue weighted by Gasteiger charge is 2.22. The van der Waals surface area contributed by atoms with Crippen molar-refractivity contribution in [3.63, 3.8) is 0 Å². The third-order valence-corrected chi connectivity index (χ3v) is 3.81. The van der Waals surface area contributed by atoms with Crippen molar-refractivity contribution < 1.29 is 14.2 Å². The van der Waals surface area contributed by atoms with Crippen LogP contribution in [0.5, 0.6) is 11.5 Å². The second-order valence-electron chi connectivity index (χ2n) is 5.10. The standard InChI is InChI=1S/C16H25NO3/c1-4-17-15(11-20-12-6-5-7-12)14-10-13(18-2)8-9-16(14)19-3/h8-10,12,15,17H,4-7,11H2,1-3H3. The van der Waals surface area contributed by atoms with Gasteiger partial charge in [-0.15, -0.1) is 0 Å². The first-order valence-electron chi connectivity index (χ1n) is 7.35. The van der Waals surface area contributed by atoms with Crippen LogP contribution in [-0.2, 0) is 4.74 Å². The Labute approximate surface area is 121 Å². The average molecular weight is 279 g/mol. The largest absolute Gasteiger partial charge is 0.497 e. The minimum atomic E-state index is 0.130. The lowest BCUT2D eigenvalue weighted by Crippen LogP contribution is -2.30. The Morgan fingerprint density at radius 3 is 2.60 bits per heavy atom. The van der Waals surface area contributed by atoms with Crippen LogP contribution in [0.4, 0.5) is 0 Å². The summed E-state index contributed by atoms with van der Waals surface area (Å²) < 4.78 is 16.7. The van der Waals surface area contributed by atoms with Gasteiger partial charge < -0.3 is 19.5 Å². The van der Waals surface area contributed by atoms with Crippen LogP contribution in [-0.4, -0.2) is 33.5 Å². The molecule has 2 rings (SSSR count). The van der Waals surface area contributed by atoms with Gasteiger partial charge in [0.15, 0.2) is 0 Å². The Morgan fingerprint density at radius 2 is 2.05 bits per heavy atom. The number of ether oxygens (including phenoxy) is 3. The van der Waals surface area contributed by atoms with Crippen molar-refractivity contribution in [1.82, 2.24) is 5.32 Å². The molecule has 4 heteroatoms. The monoisotopic (exact) mass is 279 g/mol. The summed E-state index contributed by atoms with van der Waals surface area (Å²) in [6.45, 7) is 3.66. The molecule has 1 atom stereocenters. The van der Waals surface area contributed by atoms with Crippen molar-refractivity contribution >= 4 is 0 Å². The van der Waals surface area contributed by atoms with E-state index < -0.39 is 0 Å². The van der Waals surface area contributed by atoms with Gasteiger partial charge in [-0.05, 0) is 44.0 Å². The van der Waals surface area contributed by atoms with E-state index >= 15 is 0 Å². The van der Waals surface area contributed by atoms with E-state index in [2.05, 4.69) is 12.2 Å². The topological polar surface area (TPSA) is 39.7 Å². The second kappa shape index (κ2) is 7.50. The molecule has 1 aliphatic rings. The molecular weight excluding hydrogens is 254 g/mol. The Kier molecular flexibility index (Phi) is 5.68. The molecule has 0 amide bonds. The van der Waals surface area contributed by atoms with Crippen LogP contribution in [0.1, 0.15) is 37.8 Å². The molecule has 0 spiro atoms. The first-order valence-corrected chi connectivity index (χ1v) is 7.35. The van der Waals surface area contributed by atoms with Gasteiger partial charge in [0, 0.05) is 5.56 Å². The summed E-state index contributed by atoms with van der Waals surface area (Å²) in [4.78, 5) is 0. The SMILES string of the molecule is CCNC(COC1CCC1)c1cc(OC)ccc1OC. The van der Waals surface area contributed by atoms with Crippen molar-refractivity contribution in [2.45, 2.75) is 38.3 Å². The van der Waals surface area contributed by atoms with Gasteiger partial charge in [-0.25, -0.2) is 0 Å². The van der Waals surface area contributed by atoms with Gasteiger partial charge in [0.05, 0.1) is 33.0 Å². The molecule has 1 N–H and O–H groups in total. The van der Waals surface area contributed by atoms with Crippen LogP contribution in [0.2, 0.25) is 0 Å². The summed E-state index contributed by atoms with van der Waals surface area (Å²) in [6.07, 6.45) is 4.11. The van der Waals surface area contributed by atoms with E-state index in [1.807, 2.05) is 18.2 Å². The van der Waals surface area contributed by atoms with Gasteiger partial charge in [0.1, 0.15) is 11.5 Å². The zero-order chi connectivity index (χ0) is 14.4. The van der Waals surface area contributed by atoms with Crippen molar-refractivity contribution in [3.8, 4) is 11.5 Å². The molecule has 1 aromatic carbocycles. The summed E-state index contributed by atoms with van der Waals surface area (Å²) in [5, 5.41) is 3.47. The summed E-state index contributed by atoms with van der Waals surface area (Å²) >= 11 is 0. The van der Waals surface area contributed by atoms with Gasteiger partial charge in [-0.2, -0.15) is 0 Å². The molecule has 112 valence electrons. The fourth-order valence-corrected chi connectivity index (χ4v) is 2.39. The lowest BCUT2D eigenvalue weighted by molar-refractivity contribution is -0.00886. The number of hydrogen-bond acceptors (Lipinski definition) is 4. The normalized spacial score (nSPS) is 16.6. The molecule has 1 aliphatic carbocycles. The maximum Gasteiger partial charge on any atom is 0.123 e. The first-order chi connectivity index (χ1) is 9.78. The van der Waals surface area contributed by atoms with E-state index in [1.54, 1.807) is 14.2 Å². The zero-order valence-electron chi connectivity index (χ0n) is 12.6. The van der Waals surface area contributed by atoms with Gasteiger partial charge in [-0.3, -0.25) is 0 Å². The highest BCUT2D eigenvalue weighted by atomic mass is 16.5. The van der Waals surface area contributed by atoms with E-state index in [0.29, 0.717) is 12.7 Å². The van der Waals surface area contributed by atoms with E-state index in [0.717, 1.165) is 23.6 Å². The molecule has 4 nitrogen and oxygen atoms in total. The molecular formula is C16H25NO3. The summed E-state index contributed by atoms with van der Waals surface area (Å²) in [6, 6.07) is 6.02. The van der Waals surface area contributed by atoms with Crippen LogP contribution in [0.3, 0.4) is 0 Å². The van der Waals surface area contributed by atoms with Crippen LogP contribution in [0.15, 0.2) is 18.2 Å². The van der Waals surface area contributed by atoms with Gasteiger partial charge in [-0.1, -0.05) is 6.92 Å². The third-order valence-electron chi connectivity index (χ3n) is 3.81. The molecule has 0 saturated heterocycles. The number of rotatable bonds is 8. The van der Waals surface area contributed by atoms with E-state index in [1.165, 1.54) is 19.3 Å². The molecule has 0 aromatic heterocycles. The second-order valence-corrected chi connectivity index (χ2v) is 5.10. The number of nitrogens with one attached hydrogen (secondary N) is 1. The molecule has 1 fully saturated rings. The molecule has 1 unspecified atom stereocenters. The number of benzene rings is 1. The average Bonchev–Trinajstić information content (AvgIpc) is 2.44. The Hall–Kier alpha value is -1.26. The van der Waals surface area contributed by atoms with Crippen molar-refractivity contribution in [1.29, 1.82) is 0 Å². The van der Waals surface area contributed by atoms with E-state index in [4.69, 9.17) is 14.2 Å². The van der Waals surface area contributed by atoms with Crippen molar-refractivity contribution in [2.75, 3.05) is 27.4 Å². The Balaban J connectivity index is 2.12. The lowest BCUT2D eigenvalue weighted by atomic mass is 9.96. The smallest absolute Gasteiger partial charge is 0.123 e. The number of hydrogen-bond donors (Lipinski definition) is 1. The van der Waals surface area contributed by atoms with Crippen LogP contribution >= 0.6 is 0 Å². The van der Waals surface area contributed by atoms with Gasteiger partial charge in [0.25, 0.3) is 0 Å². The molecule has 20 heavy (non-hydrogen) atoms. The van der Waals surface area contributed by atoms with E-state index in [-0.39, 0.29) is 6.04 Å². The molecule has 1 aromatic rings. The Bertz CT molecular complexity index is 418. The molecule has 1 saturated carbocycles. The van der Waals surface area contributed by atoms with Crippen LogP contribution in [0, 0.1) is 0 Å². The maximum absolute atomic E-state index is 5.96. The van der Waals surface area contributed by atoms with Gasteiger partial charge >= 0.3 is 0 Å². The summed E-state index contributed by atoms with van der Waals surface area (Å²) in [5.74, 6) is 1.71. The summed E-state index contributed by atoms with van der Waals surface area (Å²) in [5.41, 5.74) is 1.09. The van der Waals surface area contributed by atoms with Crippen LogP contribution in [0.25, 0.3) is 0 Å². The fraction of sp³-hybridized carbons (Fsp3) is 0.625. The minimum absolute atomic E-state index is 0.130. The summed E-state index contributed by atoms with van der Waals surface area (Å²) in [7, 11) is 3.37. The Morgan fingerprint density at radius 1 is 1.25 bits per heavy atom. The molecule has 0 bridgehead atoms. The van der Waals surface area contributed by atoms with E-state index in [9.17, 15) is 0 Å². The minimum Gasteiger partial charge on any atom is -0.497 e. The predicted octanol–water partition coefficient (Wildman–Crippen LogP) is 2.92. The van der Waals surface area contributed by atoms with Gasteiger partial charge in [0.2, 0.25) is 0 Å².